The van der Waals surface area contributed by atoms with Crippen LogP contribution in [0.1, 0.15) is 33.4 Å². The minimum absolute atomic E-state index is 0.531. The lowest BCUT2D eigenvalue weighted by Crippen LogP contribution is -2.28. The molecule has 3 heteroatoms. The number of nitrogens with zero attached hydrogens (tertiary/aromatic N) is 2. The van der Waals surface area contributed by atoms with Crippen molar-refractivity contribution in [2.24, 2.45) is 0 Å². The van der Waals surface area contributed by atoms with Crippen LogP contribution >= 0.6 is 11.3 Å². The summed E-state index contributed by atoms with van der Waals surface area (Å²) in [6.07, 6.45) is 0. The van der Waals surface area contributed by atoms with Gasteiger partial charge < -0.3 is 9.47 Å². The normalized spacial score (nSPS) is 12.6. The van der Waals surface area contributed by atoms with Gasteiger partial charge in [0, 0.05) is 59.3 Å². The molecule has 368 valence electrons. The molecule has 0 aliphatic heterocycles. The van der Waals surface area contributed by atoms with Crippen LogP contribution in [0.4, 0.5) is 17.1 Å². The fourth-order valence-corrected chi connectivity index (χ4v) is 14.2. The van der Waals surface area contributed by atoms with Crippen LogP contribution in [0.15, 0.2) is 279 Å². The summed E-state index contributed by atoms with van der Waals surface area (Å²) in [7, 11) is 0. The second-order valence-corrected chi connectivity index (χ2v) is 21.9. The number of benzene rings is 12. The predicted octanol–water partition coefficient (Wildman–Crippen LogP) is 20.6. The molecular formula is C75H52N2S. The van der Waals surface area contributed by atoms with Gasteiger partial charge in [0.25, 0.3) is 0 Å². The van der Waals surface area contributed by atoms with E-state index in [1.165, 1.54) is 126 Å². The van der Waals surface area contributed by atoms with Crippen molar-refractivity contribution in [3.05, 3.63) is 312 Å². The smallest absolute Gasteiger partial charge is 0.0714 e. The van der Waals surface area contributed by atoms with E-state index in [4.69, 9.17) is 0 Å². The number of para-hydroxylation sites is 1. The molecule has 1 aliphatic rings. The van der Waals surface area contributed by atoms with Crippen molar-refractivity contribution < 1.29 is 0 Å². The predicted molar refractivity (Wildman–Crippen MR) is 331 cm³/mol. The first kappa shape index (κ1) is 45.8. The van der Waals surface area contributed by atoms with Gasteiger partial charge in [0.15, 0.2) is 0 Å². The van der Waals surface area contributed by atoms with Crippen LogP contribution in [0.2, 0.25) is 0 Å². The summed E-state index contributed by atoms with van der Waals surface area (Å²) >= 11 is 1.87. The molecule has 0 spiro atoms. The lowest BCUT2D eigenvalue weighted by atomic mass is 9.67. The van der Waals surface area contributed by atoms with Gasteiger partial charge in [0.2, 0.25) is 0 Å². The van der Waals surface area contributed by atoms with E-state index in [0.717, 1.165) is 17.1 Å². The highest BCUT2D eigenvalue weighted by molar-refractivity contribution is 7.25. The summed E-state index contributed by atoms with van der Waals surface area (Å²) in [6.45, 7) is 4.58. The van der Waals surface area contributed by atoms with Gasteiger partial charge in [-0.3, -0.25) is 0 Å². The van der Waals surface area contributed by atoms with Gasteiger partial charge in [-0.1, -0.05) is 206 Å². The molecule has 0 amide bonds. The highest BCUT2D eigenvalue weighted by atomic mass is 32.1. The number of aryl methyl sites for hydroxylation is 1. The fraction of sp³-hybridized carbons (Fsp3) is 0.0400. The molecule has 0 N–H and O–H groups in total. The number of hydrogen-bond donors (Lipinski definition) is 0. The molecule has 0 saturated carbocycles. The molecule has 2 heterocycles. The van der Waals surface area contributed by atoms with Gasteiger partial charge in [-0.15, -0.1) is 11.3 Å². The zero-order chi connectivity index (χ0) is 51.9. The highest BCUT2D eigenvalue weighted by Gasteiger charge is 2.46. The SMILES string of the molecule is Cc1ccccc1-c1c(C)c(-c2ccc(N(c3ccc(-c4ccccc4)cc3)c3ccc4c(c3)C(c3ccccc3)(c3ccccc3)c3ccccc3-4)cc2)cc2c3ccccc3n(-c3ccc4sc5ccccc5c4c3)c12. The Morgan fingerprint density at radius 2 is 0.910 bits per heavy atom. The Morgan fingerprint density at radius 3 is 1.63 bits per heavy atom. The van der Waals surface area contributed by atoms with Crippen molar-refractivity contribution in [1.82, 2.24) is 4.57 Å². The van der Waals surface area contributed by atoms with E-state index < -0.39 is 5.41 Å². The van der Waals surface area contributed by atoms with Gasteiger partial charge in [-0.25, -0.2) is 0 Å². The van der Waals surface area contributed by atoms with Crippen LogP contribution in [-0.4, -0.2) is 4.57 Å². The van der Waals surface area contributed by atoms with Crippen LogP contribution in [0.5, 0.6) is 0 Å². The van der Waals surface area contributed by atoms with Gasteiger partial charge in [0.1, 0.15) is 0 Å². The number of hydrogen-bond acceptors (Lipinski definition) is 2. The number of thiophene rings is 1. The van der Waals surface area contributed by atoms with Crippen molar-refractivity contribution in [2.75, 3.05) is 4.90 Å². The minimum atomic E-state index is -0.531. The Kier molecular flexibility index (Phi) is 10.8. The number of fused-ring (bicyclic) bond motifs is 9. The lowest BCUT2D eigenvalue weighted by Gasteiger charge is -2.35. The standard InChI is InChI=1S/C75H52N2S/c1-49-20-12-13-27-60(49)73-50(2)65(48-67-63-29-15-18-32-70(63)77(74(67)73)58-43-45-72-66(46-58)64-30-16-19-33-71(64)78-72)53-36-40-57(41-37-53)76(56-38-34-52(35-39-56)51-21-6-3-7-22-51)59-42-44-62-61-28-14-17-31-68(61)75(69(62)47-59,54-23-8-4-9-24-54)55-25-10-5-11-26-55/h3-48H,1-2H3. The van der Waals surface area contributed by atoms with E-state index in [-0.39, 0.29) is 0 Å². The maximum Gasteiger partial charge on any atom is 0.0714 e. The number of rotatable bonds is 9. The van der Waals surface area contributed by atoms with Crippen molar-refractivity contribution in [3.63, 3.8) is 0 Å². The third-order valence-electron chi connectivity index (χ3n) is 16.6. The second-order valence-electron chi connectivity index (χ2n) is 20.8. The Balaban J connectivity index is 0.925. The summed E-state index contributed by atoms with van der Waals surface area (Å²) in [5.74, 6) is 0. The molecule has 15 rings (SSSR count). The molecule has 2 nitrogen and oxygen atoms in total. The zero-order valence-corrected chi connectivity index (χ0v) is 44.2. The summed E-state index contributed by atoms with van der Waals surface area (Å²) in [6, 6.07) is 104. The van der Waals surface area contributed by atoms with E-state index >= 15 is 0 Å². The van der Waals surface area contributed by atoms with E-state index in [1.807, 2.05) is 11.3 Å². The van der Waals surface area contributed by atoms with Crippen LogP contribution in [0, 0.1) is 13.8 Å². The Hall–Kier alpha value is -9.54. The second kappa shape index (κ2) is 18.3. The molecule has 0 fully saturated rings. The fourth-order valence-electron chi connectivity index (χ4n) is 13.1. The monoisotopic (exact) mass is 1010 g/mol. The average Bonchev–Trinajstić information content (AvgIpc) is 4.26. The molecule has 1 aliphatic carbocycles. The first-order valence-electron chi connectivity index (χ1n) is 27.0. The third kappa shape index (κ3) is 7.09. The zero-order valence-electron chi connectivity index (χ0n) is 43.4. The van der Waals surface area contributed by atoms with Gasteiger partial charge in [-0.2, -0.15) is 0 Å². The maximum absolute atomic E-state index is 2.53. The third-order valence-corrected chi connectivity index (χ3v) is 17.8. The van der Waals surface area contributed by atoms with Crippen molar-refractivity contribution in [2.45, 2.75) is 19.3 Å². The van der Waals surface area contributed by atoms with E-state index in [2.05, 4.69) is 302 Å². The van der Waals surface area contributed by atoms with Crippen LogP contribution in [0.25, 0.3) is 92.2 Å². The minimum Gasteiger partial charge on any atom is -0.310 e. The molecule has 14 aromatic rings. The summed E-state index contributed by atoms with van der Waals surface area (Å²) < 4.78 is 5.15. The quantitative estimate of drug-likeness (QED) is 0.140. The maximum atomic E-state index is 2.53. The van der Waals surface area contributed by atoms with Crippen LogP contribution in [-0.2, 0) is 5.41 Å². The summed E-state index contributed by atoms with van der Waals surface area (Å²) in [5, 5.41) is 5.07. The Labute approximate surface area is 459 Å². The van der Waals surface area contributed by atoms with Gasteiger partial charge in [-0.05, 0) is 159 Å². The Morgan fingerprint density at radius 1 is 0.359 bits per heavy atom. The van der Waals surface area contributed by atoms with Crippen molar-refractivity contribution >= 4 is 70.4 Å². The van der Waals surface area contributed by atoms with E-state index in [1.54, 1.807) is 0 Å². The highest BCUT2D eigenvalue weighted by Crippen LogP contribution is 2.57. The molecule has 0 bridgehead atoms. The largest absolute Gasteiger partial charge is 0.310 e. The molecule has 12 aromatic carbocycles. The molecule has 2 aromatic heterocycles. The molecular weight excluding hydrogens is 961 g/mol. The topological polar surface area (TPSA) is 8.17 Å². The molecule has 0 saturated heterocycles. The van der Waals surface area contributed by atoms with Crippen LogP contribution < -0.4 is 4.90 Å². The van der Waals surface area contributed by atoms with Crippen molar-refractivity contribution in [1.29, 1.82) is 0 Å². The first-order chi connectivity index (χ1) is 38.5. The first-order valence-corrected chi connectivity index (χ1v) is 27.8. The van der Waals surface area contributed by atoms with E-state index in [0.29, 0.717) is 0 Å². The molecule has 0 unspecified atom stereocenters. The molecule has 78 heavy (non-hydrogen) atoms. The molecule has 0 atom stereocenters. The van der Waals surface area contributed by atoms with Crippen LogP contribution in [0.3, 0.4) is 0 Å². The van der Waals surface area contributed by atoms with E-state index in [9.17, 15) is 0 Å². The Bertz CT molecular complexity index is 4570. The van der Waals surface area contributed by atoms with Gasteiger partial charge in [0.05, 0.1) is 16.4 Å². The lowest BCUT2D eigenvalue weighted by molar-refractivity contribution is 0.768. The summed E-state index contributed by atoms with van der Waals surface area (Å²) in [5.41, 5.74) is 23.7. The number of anilines is 3. The number of aromatic nitrogens is 1. The van der Waals surface area contributed by atoms with Crippen molar-refractivity contribution in [3.8, 4) is 50.2 Å². The molecule has 0 radical (unpaired) electrons. The average molecular weight is 1010 g/mol. The van der Waals surface area contributed by atoms with Gasteiger partial charge >= 0.3 is 0 Å². The summed E-state index contributed by atoms with van der Waals surface area (Å²) in [4.78, 5) is 2.44.